The summed E-state index contributed by atoms with van der Waals surface area (Å²) in [5, 5.41) is 12.6. The zero-order valence-corrected chi connectivity index (χ0v) is 10.3. The third-order valence-electron chi connectivity index (χ3n) is 1.90. The number of nitriles is 1. The molecule has 0 aromatic carbocycles. The van der Waals surface area contributed by atoms with Crippen LogP contribution in [0.5, 0.6) is 0 Å². The van der Waals surface area contributed by atoms with Crippen LogP contribution in [0.2, 0.25) is 0 Å². The fraction of sp³-hybridized carbons (Fsp3) is 0.364. The molecular weight excluding hydrogens is 222 g/mol. The molecule has 0 saturated carbocycles. The van der Waals surface area contributed by atoms with Crippen molar-refractivity contribution in [2.75, 3.05) is 12.9 Å². The van der Waals surface area contributed by atoms with Gasteiger partial charge < -0.3 is 4.84 Å². The number of rotatable bonds is 4. The lowest BCUT2D eigenvalue weighted by molar-refractivity contribution is 0.214. The summed E-state index contributed by atoms with van der Waals surface area (Å²) in [7, 11) is 1.42. The fourth-order valence-electron chi connectivity index (χ4n) is 1.17. The van der Waals surface area contributed by atoms with Crippen molar-refractivity contribution in [3.8, 4) is 6.07 Å². The molecule has 0 amide bonds. The number of thioether (sulfide) groups is 1. The van der Waals surface area contributed by atoms with Crippen molar-refractivity contribution >= 4 is 17.5 Å². The van der Waals surface area contributed by atoms with Crippen molar-refractivity contribution in [1.82, 2.24) is 4.98 Å². The Morgan fingerprint density at radius 3 is 3.00 bits per heavy atom. The van der Waals surface area contributed by atoms with Gasteiger partial charge in [-0.3, -0.25) is 4.98 Å². The minimum Gasteiger partial charge on any atom is -0.398 e. The first kappa shape index (κ1) is 12.5. The second kappa shape index (κ2) is 6.13. The summed E-state index contributed by atoms with van der Waals surface area (Å²) >= 11 is 1.69. The maximum Gasteiger partial charge on any atom is 0.188 e. The Labute approximate surface area is 99.3 Å². The highest BCUT2D eigenvalue weighted by atomic mass is 32.2. The number of hydrogen-bond acceptors (Lipinski definition) is 5. The second-order valence-corrected chi connectivity index (χ2v) is 4.28. The van der Waals surface area contributed by atoms with E-state index in [9.17, 15) is 0 Å². The first-order valence-corrected chi connectivity index (χ1v) is 5.82. The van der Waals surface area contributed by atoms with Crippen molar-refractivity contribution in [1.29, 1.82) is 5.26 Å². The van der Waals surface area contributed by atoms with E-state index in [0.29, 0.717) is 5.56 Å². The molecule has 0 bridgehead atoms. The van der Waals surface area contributed by atoms with E-state index < -0.39 is 0 Å². The molecule has 84 valence electrons. The van der Waals surface area contributed by atoms with Crippen LogP contribution in [0.3, 0.4) is 0 Å². The highest BCUT2D eigenvalue weighted by Gasteiger charge is 2.07. The molecular formula is C11H13N3OS. The van der Waals surface area contributed by atoms with Crippen LogP contribution in [0.15, 0.2) is 22.3 Å². The normalized spacial score (nSPS) is 11.0. The highest BCUT2D eigenvalue weighted by Crippen LogP contribution is 2.21. The van der Waals surface area contributed by atoms with Crippen LogP contribution in [0.4, 0.5) is 0 Å². The van der Waals surface area contributed by atoms with E-state index in [1.807, 2.05) is 19.1 Å². The van der Waals surface area contributed by atoms with Gasteiger partial charge in [0, 0.05) is 16.7 Å². The summed E-state index contributed by atoms with van der Waals surface area (Å²) in [5.74, 6) is 0.968. The van der Waals surface area contributed by atoms with Gasteiger partial charge in [-0.15, -0.1) is 11.8 Å². The van der Waals surface area contributed by atoms with E-state index in [0.717, 1.165) is 16.3 Å². The molecule has 0 aliphatic rings. The Morgan fingerprint density at radius 1 is 1.69 bits per heavy atom. The molecule has 0 aliphatic carbocycles. The average molecular weight is 235 g/mol. The van der Waals surface area contributed by atoms with Gasteiger partial charge in [0.25, 0.3) is 0 Å². The molecule has 1 rings (SSSR count). The van der Waals surface area contributed by atoms with E-state index >= 15 is 0 Å². The summed E-state index contributed by atoms with van der Waals surface area (Å²) in [4.78, 5) is 9.92. The van der Waals surface area contributed by atoms with Crippen molar-refractivity contribution in [2.45, 2.75) is 18.7 Å². The Morgan fingerprint density at radius 2 is 2.44 bits per heavy atom. The third kappa shape index (κ3) is 2.97. The molecule has 16 heavy (non-hydrogen) atoms. The van der Waals surface area contributed by atoms with Gasteiger partial charge >= 0.3 is 0 Å². The zero-order chi connectivity index (χ0) is 12.0. The Hall–Kier alpha value is -1.54. The van der Waals surface area contributed by atoms with E-state index in [2.05, 4.69) is 21.9 Å². The molecule has 1 heterocycles. The largest absolute Gasteiger partial charge is 0.398 e. The van der Waals surface area contributed by atoms with Gasteiger partial charge in [-0.05, 0) is 18.7 Å². The van der Waals surface area contributed by atoms with Gasteiger partial charge in [0.2, 0.25) is 0 Å². The predicted molar refractivity (Wildman–Crippen MR) is 64.5 cm³/mol. The van der Waals surface area contributed by atoms with Gasteiger partial charge in [-0.2, -0.15) is 5.26 Å². The fourth-order valence-corrected chi connectivity index (χ4v) is 1.96. The molecule has 0 aliphatic heterocycles. The molecule has 0 N–H and O–H groups in total. The van der Waals surface area contributed by atoms with Crippen molar-refractivity contribution < 1.29 is 4.84 Å². The van der Waals surface area contributed by atoms with Gasteiger partial charge in [-0.1, -0.05) is 12.1 Å². The molecule has 1 aromatic heterocycles. The summed E-state index contributed by atoms with van der Waals surface area (Å²) in [6.07, 6.45) is 1.64. The monoisotopic (exact) mass is 235 g/mol. The van der Waals surface area contributed by atoms with E-state index in [4.69, 9.17) is 5.26 Å². The minimum absolute atomic E-state index is 0.243. The molecule has 0 radical (unpaired) electrons. The summed E-state index contributed by atoms with van der Waals surface area (Å²) in [6, 6.07) is 3.90. The lowest BCUT2D eigenvalue weighted by atomic mass is 10.2. The SMILES string of the molecule is CCSc1cc(/C(C#N)=N/OC)cnc1C. The summed E-state index contributed by atoms with van der Waals surface area (Å²) in [6.45, 7) is 4.02. The molecule has 5 heteroatoms. The molecule has 0 unspecified atom stereocenters. The summed E-state index contributed by atoms with van der Waals surface area (Å²) < 4.78 is 0. The highest BCUT2D eigenvalue weighted by molar-refractivity contribution is 7.99. The molecule has 0 fully saturated rings. The maximum atomic E-state index is 8.91. The van der Waals surface area contributed by atoms with Crippen LogP contribution in [0, 0.1) is 18.3 Å². The molecule has 0 saturated heterocycles. The lowest BCUT2D eigenvalue weighted by Gasteiger charge is -2.05. The van der Waals surface area contributed by atoms with Crippen molar-refractivity contribution in [3.63, 3.8) is 0 Å². The topological polar surface area (TPSA) is 58.3 Å². The number of hydrogen-bond donors (Lipinski definition) is 0. The zero-order valence-electron chi connectivity index (χ0n) is 9.52. The van der Waals surface area contributed by atoms with E-state index in [1.165, 1.54) is 7.11 Å². The Balaban J connectivity index is 3.12. The first-order chi connectivity index (χ1) is 7.72. The lowest BCUT2D eigenvalue weighted by Crippen LogP contribution is -2.00. The molecule has 0 spiro atoms. The van der Waals surface area contributed by atoms with Gasteiger partial charge in [-0.25, -0.2) is 0 Å². The van der Waals surface area contributed by atoms with E-state index in [-0.39, 0.29) is 5.71 Å². The van der Waals surface area contributed by atoms with Crippen LogP contribution in [0.1, 0.15) is 18.2 Å². The van der Waals surface area contributed by atoms with Gasteiger partial charge in [0.15, 0.2) is 5.71 Å². The Bertz CT molecular complexity index is 437. The van der Waals surface area contributed by atoms with Crippen molar-refractivity contribution in [3.05, 3.63) is 23.5 Å². The van der Waals surface area contributed by atoms with Crippen LogP contribution < -0.4 is 0 Å². The molecule has 4 nitrogen and oxygen atoms in total. The maximum absolute atomic E-state index is 8.91. The third-order valence-corrected chi connectivity index (χ3v) is 2.92. The van der Waals surface area contributed by atoms with Crippen LogP contribution in [-0.4, -0.2) is 23.6 Å². The minimum atomic E-state index is 0.243. The van der Waals surface area contributed by atoms with Crippen LogP contribution in [-0.2, 0) is 4.84 Å². The number of aromatic nitrogens is 1. The number of oxime groups is 1. The van der Waals surface area contributed by atoms with Crippen LogP contribution in [0.25, 0.3) is 0 Å². The first-order valence-electron chi connectivity index (χ1n) is 4.84. The summed E-state index contributed by atoms with van der Waals surface area (Å²) in [5.41, 5.74) is 1.89. The smallest absolute Gasteiger partial charge is 0.188 e. The van der Waals surface area contributed by atoms with E-state index in [1.54, 1.807) is 18.0 Å². The number of nitrogens with zero attached hydrogens (tertiary/aromatic N) is 3. The number of aryl methyl sites for hydroxylation is 1. The van der Waals surface area contributed by atoms with Crippen LogP contribution >= 0.6 is 11.8 Å². The molecule has 0 atom stereocenters. The van der Waals surface area contributed by atoms with Gasteiger partial charge in [0.1, 0.15) is 13.2 Å². The average Bonchev–Trinajstić information content (AvgIpc) is 2.29. The molecule has 1 aromatic rings. The van der Waals surface area contributed by atoms with Crippen molar-refractivity contribution in [2.24, 2.45) is 5.16 Å². The second-order valence-electron chi connectivity index (χ2n) is 2.97. The van der Waals surface area contributed by atoms with Gasteiger partial charge in [0.05, 0.1) is 5.69 Å². The Kier molecular flexibility index (Phi) is 4.80. The quantitative estimate of drug-likeness (QED) is 0.456. The standard InChI is InChI=1S/C11H13N3OS/c1-4-16-11-5-9(7-13-8(11)2)10(6-12)14-15-3/h5,7H,4H2,1-3H3/b14-10+. The number of pyridine rings is 1. The predicted octanol–water partition coefficient (Wildman–Crippen LogP) is 2.38.